The number of imide groups is 2. The monoisotopic (exact) mass is 1820 g/mol. The van der Waals surface area contributed by atoms with E-state index in [4.69, 9.17) is 23.7 Å². The van der Waals surface area contributed by atoms with Gasteiger partial charge in [0.25, 0.3) is 17.7 Å². The quantitative estimate of drug-likeness (QED) is 0.0558. The molecule has 10 atom stereocenters. The van der Waals surface area contributed by atoms with Crippen LogP contribution in [0.3, 0.4) is 0 Å². The second kappa shape index (κ2) is 42.7. The molecule has 19 rings (SSSR count). The molecule has 14 fully saturated rings. The average molecular weight is 1820 g/mol. The number of aliphatic hydroxyl groups is 1. The third-order valence-electron chi connectivity index (χ3n) is 28.8. The minimum absolute atomic E-state index is 0.0139. The standard InChI is InChI=1S/C20H25N3O7.C20H26N2O4.C15H18N2O3.2C15H17NO3.2C7H11NO/c1-13(24)15(21-18(27)29-2)16(25)22-12-20(17(22)26)9-6-10-23(20)19(28)30-11-14-7-4-3-5-8-14;1-14(2)15(3)17(23)21-13-20(18(21)24)10-7-11-22(20)19(25)26-12-16-8-5-4-6-9-16;1-16-11-15(13(16)18)8-5-9-17(15)14(19)20-10-12-6-3-2-4-7-12;2*17-13-7-9-15(13)8-4-10-16(15)14(18)19-11-12-5-2-1-3-6-12;2*9-6-2-4-7(6)3-1-5-8-7/h3-5,7-8,13,15,24H,6,9-12H2,1-2H3,(H,21,27);4-6,8-9,14-15H,7,10-13H2,1-3H3;2-4,6-7H,5,8-11H2,1H3;2*1-3,5-6H,4,7-11H2;2*8H,1-5H2. The van der Waals surface area contributed by atoms with E-state index in [1.165, 1.54) is 34.5 Å². The lowest BCUT2D eigenvalue weighted by Gasteiger charge is -2.50. The van der Waals surface area contributed by atoms with Crippen LogP contribution in [-0.4, -0.2) is 264 Å². The van der Waals surface area contributed by atoms with Crippen LogP contribution in [0.2, 0.25) is 0 Å². The molecule has 0 bridgehead atoms. The molecule has 0 radical (unpaired) electrons. The summed E-state index contributed by atoms with van der Waals surface area (Å²) in [4.78, 5) is 193. The molecule has 10 unspecified atom stereocenters. The zero-order valence-electron chi connectivity index (χ0n) is 76.5. The van der Waals surface area contributed by atoms with E-state index in [1.807, 2.05) is 172 Å². The normalized spacial score (nSPS) is 26.4. The molecule has 14 aliphatic rings. The van der Waals surface area contributed by atoms with Gasteiger partial charge in [0.05, 0.1) is 43.9 Å². The Morgan fingerprint density at radius 1 is 0.364 bits per heavy atom. The molecule has 708 valence electrons. The molecule has 4 N–H and O–H groups in total. The van der Waals surface area contributed by atoms with Crippen LogP contribution in [0.1, 0.15) is 197 Å². The maximum atomic E-state index is 12.9. The van der Waals surface area contributed by atoms with Gasteiger partial charge in [-0.15, -0.1) is 0 Å². The van der Waals surface area contributed by atoms with Crippen LogP contribution in [-0.2, 0) is 105 Å². The number of hydrogen-bond donors (Lipinski definition) is 4. The Morgan fingerprint density at radius 3 is 0.864 bits per heavy atom. The number of benzene rings is 5. The first-order valence-corrected chi connectivity index (χ1v) is 46.5. The zero-order valence-corrected chi connectivity index (χ0v) is 76.5. The smallest absolute Gasteiger partial charge is 0.411 e. The number of β-lactam (4-membered cyclic amide) rings is 3. The third-order valence-corrected chi connectivity index (χ3v) is 28.8. The van der Waals surface area contributed by atoms with Crippen molar-refractivity contribution in [2.45, 2.75) is 253 Å². The summed E-state index contributed by atoms with van der Waals surface area (Å²) in [7, 11) is 2.89. The highest BCUT2D eigenvalue weighted by Crippen LogP contribution is 2.47. The van der Waals surface area contributed by atoms with Crippen LogP contribution in [0, 0.1) is 11.8 Å². The number of hydrogen-bond acceptors (Lipinski definition) is 24. The number of carbonyl (C=O) groups is 15. The third kappa shape index (κ3) is 20.8. The Balaban J connectivity index is 0.000000135. The molecule has 5 aromatic carbocycles. The van der Waals surface area contributed by atoms with Crippen LogP contribution in [0.4, 0.5) is 28.8 Å². The molecule has 4 aliphatic carbocycles. The Morgan fingerprint density at radius 2 is 0.652 bits per heavy atom. The van der Waals surface area contributed by atoms with Crippen LogP contribution >= 0.6 is 0 Å². The highest BCUT2D eigenvalue weighted by molar-refractivity contribution is 6.10. The lowest BCUT2D eigenvalue weighted by Crippen LogP contribution is -2.76. The highest BCUT2D eigenvalue weighted by atomic mass is 16.6. The number of carbonyl (C=O) groups excluding carboxylic acids is 15. The number of rotatable bonds is 15. The maximum Gasteiger partial charge on any atom is 0.411 e. The van der Waals surface area contributed by atoms with Crippen molar-refractivity contribution in [2.24, 2.45) is 11.8 Å². The molecule has 132 heavy (non-hydrogen) atoms. The lowest BCUT2D eigenvalue weighted by atomic mass is 9.73. The molecule has 7 spiro atoms. The molecular weight excluding hydrogens is 1700 g/mol. The SMILES string of the molecule is CC(C)C(C)C(=O)N1CC2(CCCN2C(=O)OCc2ccccc2)C1=O.CN1CC2(CCCN2C(=O)OCc2ccccc2)C1=O.COC(=O)NC(C(=O)N1CC2(CCCN2C(=O)OCc2ccccc2)C1=O)C(C)O.O=C(OCc1ccccc1)N1CCCC12CCC2=O.O=C(OCc1ccccc1)N1CCCC12CCC2=O.O=C1CCC12CCCN2.O=C1CCC12CCCN2. The second-order valence-corrected chi connectivity index (χ2v) is 37.1. The van der Waals surface area contributed by atoms with Crippen LogP contribution < -0.4 is 16.0 Å². The first-order valence-electron chi connectivity index (χ1n) is 46.5. The summed E-state index contributed by atoms with van der Waals surface area (Å²) in [6, 6.07) is 46.0. The molecule has 33 heteroatoms. The van der Waals surface area contributed by atoms with Crippen LogP contribution in [0.5, 0.6) is 0 Å². The van der Waals surface area contributed by atoms with E-state index in [9.17, 15) is 77.0 Å². The van der Waals surface area contributed by atoms with Crippen molar-refractivity contribution in [1.29, 1.82) is 0 Å². The predicted molar refractivity (Wildman–Crippen MR) is 479 cm³/mol. The fraction of sp³-hybridized carbons (Fsp3) is 0.545. The van der Waals surface area contributed by atoms with Crippen LogP contribution in [0.25, 0.3) is 0 Å². The van der Waals surface area contributed by atoms with Crippen molar-refractivity contribution >= 4 is 89.2 Å². The van der Waals surface area contributed by atoms with Crippen molar-refractivity contribution < 1.29 is 105 Å². The molecule has 0 aromatic heterocycles. The predicted octanol–water partition coefficient (Wildman–Crippen LogP) is 11.1. The number of methoxy groups -OCH3 is 1. The molecule has 10 heterocycles. The maximum absolute atomic E-state index is 12.9. The van der Waals surface area contributed by atoms with E-state index in [1.54, 1.807) is 26.6 Å². The summed E-state index contributed by atoms with van der Waals surface area (Å²) in [6.45, 7) is 13.8. The van der Waals surface area contributed by atoms with Gasteiger partial charge in [0.15, 0.2) is 23.1 Å². The fourth-order valence-electron chi connectivity index (χ4n) is 20.1. The first kappa shape index (κ1) is 97.6. The number of likely N-dealkylation sites (tertiary alicyclic amines) is 8. The molecule has 33 nitrogen and oxygen atoms in total. The van der Waals surface area contributed by atoms with Crippen molar-refractivity contribution in [1.82, 2.24) is 55.1 Å². The van der Waals surface area contributed by atoms with Crippen molar-refractivity contribution in [3.8, 4) is 0 Å². The molecule has 5 aromatic rings. The van der Waals surface area contributed by atoms with E-state index in [0.717, 1.165) is 149 Å². The second-order valence-electron chi connectivity index (χ2n) is 37.1. The number of amides is 11. The largest absolute Gasteiger partial charge is 0.453 e. The van der Waals surface area contributed by atoms with Crippen LogP contribution in [0.15, 0.2) is 152 Å². The number of ether oxygens (including phenoxy) is 6. The summed E-state index contributed by atoms with van der Waals surface area (Å²) >= 11 is 0. The first-order chi connectivity index (χ1) is 63.4. The number of alkyl carbamates (subject to hydrolysis) is 1. The van der Waals surface area contributed by atoms with Crippen molar-refractivity contribution in [2.75, 3.05) is 79.6 Å². The molecule has 11 amide bonds. The van der Waals surface area contributed by atoms with E-state index < -0.39 is 69.9 Å². The van der Waals surface area contributed by atoms with Gasteiger partial charge < -0.3 is 54.4 Å². The summed E-state index contributed by atoms with van der Waals surface area (Å²) in [5.74, 6) is -0.438. The van der Waals surface area contributed by atoms with Gasteiger partial charge in [-0.25, -0.2) is 28.8 Å². The number of nitrogens with one attached hydrogen (secondary N) is 3. The van der Waals surface area contributed by atoms with Gasteiger partial charge in [-0.05, 0) is 169 Å². The van der Waals surface area contributed by atoms with Gasteiger partial charge >= 0.3 is 36.6 Å². The fourth-order valence-corrected chi connectivity index (χ4v) is 20.1. The van der Waals surface area contributed by atoms with E-state index in [2.05, 4.69) is 20.7 Å². The van der Waals surface area contributed by atoms with E-state index in [0.29, 0.717) is 82.9 Å². The molecule has 4 saturated carbocycles. The molecule has 10 saturated heterocycles. The molecular formula is C99H125N11O22. The molecule has 10 aliphatic heterocycles. The minimum atomic E-state index is -1.33. The highest BCUT2D eigenvalue weighted by Gasteiger charge is 2.65. The Hall–Kier alpha value is -12.0. The van der Waals surface area contributed by atoms with E-state index in [-0.39, 0.29) is 117 Å². The van der Waals surface area contributed by atoms with Gasteiger partial charge in [-0.2, -0.15) is 0 Å². The summed E-state index contributed by atoms with van der Waals surface area (Å²) in [5, 5.41) is 18.6. The van der Waals surface area contributed by atoms with Gasteiger partial charge in [-0.3, -0.25) is 77.5 Å². The lowest BCUT2D eigenvalue weighted by molar-refractivity contribution is -0.171. The van der Waals surface area contributed by atoms with E-state index >= 15 is 0 Å². The summed E-state index contributed by atoms with van der Waals surface area (Å²) in [5.41, 5.74) is 0.891. The number of Topliss-reactive ketones (excluding diaryl/α,β-unsaturated/α-hetero) is 4. The Labute approximate surface area is 769 Å². The summed E-state index contributed by atoms with van der Waals surface area (Å²) in [6.07, 6.45) is 14.2. The zero-order chi connectivity index (χ0) is 94.2. The average Bonchev–Trinajstić information content (AvgIpc) is 1.48. The number of ketones is 4. The Bertz CT molecular complexity index is 4870. The van der Waals surface area contributed by atoms with Crippen molar-refractivity contribution in [3.63, 3.8) is 0 Å². The number of likely N-dealkylation sites (N-methyl/N-ethyl adjacent to an activating group) is 1. The topological polar surface area (TPSA) is 394 Å². The summed E-state index contributed by atoms with van der Waals surface area (Å²) < 4.78 is 31.2. The van der Waals surface area contributed by atoms with Gasteiger partial charge in [-0.1, -0.05) is 172 Å². The number of nitrogens with zero attached hydrogens (tertiary/aromatic N) is 8. The number of aliphatic hydroxyl groups excluding tert-OH is 1. The van der Waals surface area contributed by atoms with Gasteiger partial charge in [0.2, 0.25) is 11.8 Å². The van der Waals surface area contributed by atoms with Crippen molar-refractivity contribution in [3.05, 3.63) is 179 Å². The Kier molecular flexibility index (Phi) is 31.6. The van der Waals surface area contributed by atoms with Gasteiger partial charge in [0.1, 0.15) is 66.8 Å². The minimum Gasteiger partial charge on any atom is -0.453 e. The van der Waals surface area contributed by atoms with Gasteiger partial charge in [0, 0.05) is 71.4 Å².